The second-order valence-electron chi connectivity index (χ2n) is 6.98. The largest absolute Gasteiger partial charge is 0.497 e. The lowest BCUT2D eigenvalue weighted by atomic mass is 10.1. The van der Waals surface area contributed by atoms with E-state index in [1.165, 1.54) is 6.26 Å². The fourth-order valence-electron chi connectivity index (χ4n) is 2.94. The first-order valence-electron chi connectivity index (χ1n) is 9.78. The Hall–Kier alpha value is -1.85. The third kappa shape index (κ3) is 9.44. The van der Waals surface area contributed by atoms with Crippen LogP contribution in [-0.4, -0.2) is 47.9 Å². The number of sulfone groups is 1. The molecule has 0 amide bonds. The summed E-state index contributed by atoms with van der Waals surface area (Å²) in [6.07, 6.45) is 2.07. The fraction of sp³-hybridized carbons (Fsp3) is 0.409. The predicted octanol–water partition coefficient (Wildman–Crippen LogP) is 3.30. The number of hydrogen-bond acceptors (Lipinski definition) is 5. The van der Waals surface area contributed by atoms with Gasteiger partial charge < -0.3 is 20.1 Å². The maximum atomic E-state index is 11.7. The fourth-order valence-corrected chi connectivity index (χ4v) is 3.90. The predicted molar refractivity (Wildman–Crippen MR) is 135 cm³/mol. The summed E-state index contributed by atoms with van der Waals surface area (Å²) in [5.41, 5.74) is 2.85. The van der Waals surface area contributed by atoms with Crippen molar-refractivity contribution in [2.45, 2.75) is 31.4 Å². The zero-order chi connectivity index (χ0) is 22.0. The van der Waals surface area contributed by atoms with Crippen molar-refractivity contribution in [2.24, 2.45) is 4.99 Å². The van der Waals surface area contributed by atoms with Crippen molar-refractivity contribution in [3.8, 4) is 5.75 Å². The van der Waals surface area contributed by atoms with Gasteiger partial charge in [-0.3, -0.25) is 4.99 Å². The van der Waals surface area contributed by atoms with Crippen LogP contribution in [0.25, 0.3) is 0 Å². The van der Waals surface area contributed by atoms with Gasteiger partial charge in [-0.2, -0.15) is 0 Å². The summed E-state index contributed by atoms with van der Waals surface area (Å²) >= 11 is 0. The van der Waals surface area contributed by atoms with Crippen LogP contribution in [0.3, 0.4) is 0 Å². The molecular formula is C22H32IN3O4S. The van der Waals surface area contributed by atoms with Gasteiger partial charge in [0.1, 0.15) is 5.75 Å². The molecule has 0 saturated heterocycles. The number of hydrogen-bond donors (Lipinski definition) is 2. The topological polar surface area (TPSA) is 89.0 Å². The molecule has 0 aliphatic rings. The minimum Gasteiger partial charge on any atom is -0.497 e. The van der Waals surface area contributed by atoms with Gasteiger partial charge in [-0.05, 0) is 48.2 Å². The highest BCUT2D eigenvalue weighted by Crippen LogP contribution is 2.16. The van der Waals surface area contributed by atoms with Gasteiger partial charge in [-0.25, -0.2) is 8.42 Å². The molecule has 31 heavy (non-hydrogen) atoms. The number of nitrogens with zero attached hydrogens (tertiary/aromatic N) is 1. The van der Waals surface area contributed by atoms with E-state index in [1.807, 2.05) is 36.4 Å². The highest BCUT2D eigenvalue weighted by atomic mass is 127. The Kier molecular flexibility index (Phi) is 11.9. The first-order valence-corrected chi connectivity index (χ1v) is 11.7. The van der Waals surface area contributed by atoms with Crippen LogP contribution in [0.2, 0.25) is 0 Å². The SMILES string of the molecule is CN=C(NCCCOCc1ccc(OC)cc1)NCc1ccc(S(C)(=O)=O)c(C)c1.I. The summed E-state index contributed by atoms with van der Waals surface area (Å²) in [6.45, 7) is 4.30. The van der Waals surface area contributed by atoms with E-state index in [0.717, 1.165) is 35.4 Å². The van der Waals surface area contributed by atoms with Crippen molar-refractivity contribution in [1.82, 2.24) is 10.6 Å². The molecule has 0 radical (unpaired) electrons. The lowest BCUT2D eigenvalue weighted by Gasteiger charge is -2.13. The van der Waals surface area contributed by atoms with Crippen molar-refractivity contribution in [3.63, 3.8) is 0 Å². The number of nitrogens with one attached hydrogen (secondary N) is 2. The van der Waals surface area contributed by atoms with Crippen molar-refractivity contribution in [3.05, 3.63) is 59.2 Å². The molecule has 0 aliphatic heterocycles. The number of ether oxygens (including phenoxy) is 2. The molecule has 2 aromatic rings. The third-order valence-electron chi connectivity index (χ3n) is 4.51. The summed E-state index contributed by atoms with van der Waals surface area (Å²) in [7, 11) is 0.165. The number of guanidine groups is 1. The van der Waals surface area contributed by atoms with Gasteiger partial charge in [0, 0.05) is 33.0 Å². The highest BCUT2D eigenvalue weighted by molar-refractivity contribution is 14.0. The summed E-state index contributed by atoms with van der Waals surface area (Å²) in [5, 5.41) is 6.49. The molecule has 2 rings (SSSR count). The Morgan fingerprint density at radius 2 is 1.74 bits per heavy atom. The van der Waals surface area contributed by atoms with E-state index in [4.69, 9.17) is 9.47 Å². The van der Waals surface area contributed by atoms with Gasteiger partial charge >= 0.3 is 0 Å². The van der Waals surface area contributed by atoms with Crippen molar-refractivity contribution in [2.75, 3.05) is 33.6 Å². The van der Waals surface area contributed by atoms with Crippen LogP contribution >= 0.6 is 24.0 Å². The Morgan fingerprint density at radius 1 is 1.06 bits per heavy atom. The first-order chi connectivity index (χ1) is 14.3. The molecule has 0 heterocycles. The van der Waals surface area contributed by atoms with E-state index in [0.29, 0.717) is 30.6 Å². The summed E-state index contributed by atoms with van der Waals surface area (Å²) in [5.74, 6) is 1.53. The van der Waals surface area contributed by atoms with E-state index >= 15 is 0 Å². The second-order valence-corrected chi connectivity index (χ2v) is 8.96. The van der Waals surface area contributed by atoms with Gasteiger partial charge in [0.25, 0.3) is 0 Å². The Labute approximate surface area is 202 Å². The quantitative estimate of drug-likeness (QED) is 0.200. The standard InChI is InChI=1S/C22H31N3O4S.HI/c1-17-14-19(8-11-21(17)30(4,26)27)15-25-22(23-2)24-12-5-13-29-16-18-6-9-20(28-3)10-7-18;/h6-11,14H,5,12-13,15-16H2,1-4H3,(H2,23,24,25);1H. The van der Waals surface area contributed by atoms with Crippen LogP contribution < -0.4 is 15.4 Å². The smallest absolute Gasteiger partial charge is 0.191 e. The maximum Gasteiger partial charge on any atom is 0.191 e. The number of benzene rings is 2. The maximum absolute atomic E-state index is 11.7. The molecule has 0 aliphatic carbocycles. The molecule has 0 saturated carbocycles. The third-order valence-corrected chi connectivity index (χ3v) is 5.77. The van der Waals surface area contributed by atoms with Crippen molar-refractivity contribution >= 4 is 39.8 Å². The average Bonchev–Trinajstić information content (AvgIpc) is 2.72. The van der Waals surface area contributed by atoms with Gasteiger partial charge in [0.15, 0.2) is 15.8 Å². The van der Waals surface area contributed by atoms with Crippen LogP contribution in [0.5, 0.6) is 5.75 Å². The van der Waals surface area contributed by atoms with Crippen molar-refractivity contribution in [1.29, 1.82) is 0 Å². The molecule has 0 unspecified atom stereocenters. The highest BCUT2D eigenvalue weighted by Gasteiger charge is 2.10. The normalized spacial score (nSPS) is 11.5. The molecule has 0 bridgehead atoms. The number of aliphatic imine (C=N–C) groups is 1. The lowest BCUT2D eigenvalue weighted by Crippen LogP contribution is -2.37. The Morgan fingerprint density at radius 3 is 2.32 bits per heavy atom. The Bertz CT molecular complexity index is 948. The molecule has 2 aromatic carbocycles. The van der Waals surface area contributed by atoms with Crippen LogP contribution in [0, 0.1) is 6.92 Å². The summed E-state index contributed by atoms with van der Waals surface area (Å²) < 4.78 is 34.3. The van der Waals surface area contributed by atoms with E-state index in [9.17, 15) is 8.42 Å². The van der Waals surface area contributed by atoms with Gasteiger partial charge in [0.05, 0.1) is 18.6 Å². The number of halogens is 1. The monoisotopic (exact) mass is 561 g/mol. The molecule has 0 atom stereocenters. The lowest BCUT2D eigenvalue weighted by molar-refractivity contribution is 0.119. The van der Waals surface area contributed by atoms with Crippen molar-refractivity contribution < 1.29 is 17.9 Å². The van der Waals surface area contributed by atoms with E-state index < -0.39 is 9.84 Å². The summed E-state index contributed by atoms with van der Waals surface area (Å²) in [6, 6.07) is 13.2. The molecule has 0 fully saturated rings. The minimum absolute atomic E-state index is 0. The van der Waals surface area contributed by atoms with Gasteiger partial charge in [0.2, 0.25) is 0 Å². The van der Waals surface area contributed by atoms with Crippen LogP contribution in [0.4, 0.5) is 0 Å². The van der Waals surface area contributed by atoms with E-state index in [1.54, 1.807) is 27.1 Å². The molecule has 0 aromatic heterocycles. The molecule has 172 valence electrons. The average molecular weight is 561 g/mol. The van der Waals surface area contributed by atoms with E-state index in [-0.39, 0.29) is 24.0 Å². The van der Waals surface area contributed by atoms with Crippen LogP contribution in [0.1, 0.15) is 23.1 Å². The van der Waals surface area contributed by atoms with E-state index in [2.05, 4.69) is 15.6 Å². The zero-order valence-electron chi connectivity index (χ0n) is 18.5. The number of rotatable bonds is 10. The number of aryl methyl sites for hydroxylation is 1. The van der Waals surface area contributed by atoms with Crippen LogP contribution in [-0.2, 0) is 27.7 Å². The molecule has 9 heteroatoms. The van der Waals surface area contributed by atoms with Gasteiger partial charge in [-0.1, -0.05) is 24.3 Å². The first kappa shape index (κ1) is 27.2. The van der Waals surface area contributed by atoms with Gasteiger partial charge in [-0.15, -0.1) is 24.0 Å². The number of methoxy groups -OCH3 is 1. The molecule has 7 nitrogen and oxygen atoms in total. The molecule has 2 N–H and O–H groups in total. The minimum atomic E-state index is -3.20. The summed E-state index contributed by atoms with van der Waals surface area (Å²) in [4.78, 5) is 4.57. The molecular weight excluding hydrogens is 529 g/mol. The second kappa shape index (κ2) is 13.5. The zero-order valence-corrected chi connectivity index (χ0v) is 21.6. The van der Waals surface area contributed by atoms with Crippen LogP contribution in [0.15, 0.2) is 52.4 Å². The Balaban J connectivity index is 0.00000480. The molecule has 0 spiro atoms.